The molecule has 170 valence electrons. The molecule has 0 atom stereocenters. The van der Waals surface area contributed by atoms with E-state index in [0.29, 0.717) is 34.4 Å². The second-order valence-corrected chi connectivity index (χ2v) is 7.63. The van der Waals surface area contributed by atoms with Crippen molar-refractivity contribution in [3.8, 4) is 17.0 Å². The van der Waals surface area contributed by atoms with E-state index in [2.05, 4.69) is 10.4 Å². The summed E-state index contributed by atoms with van der Waals surface area (Å²) >= 11 is 0. The first-order valence-electron chi connectivity index (χ1n) is 10.3. The summed E-state index contributed by atoms with van der Waals surface area (Å²) in [6, 6.07) is 12.1. The Bertz CT molecular complexity index is 1430. The van der Waals surface area contributed by atoms with Crippen molar-refractivity contribution < 1.29 is 18.3 Å². The summed E-state index contributed by atoms with van der Waals surface area (Å²) in [4.78, 5) is 25.5. The molecule has 0 radical (unpaired) electrons. The van der Waals surface area contributed by atoms with Gasteiger partial charge in [-0.05, 0) is 37.6 Å². The van der Waals surface area contributed by atoms with Gasteiger partial charge in [0, 0.05) is 42.4 Å². The number of methoxy groups -OCH3 is 1. The van der Waals surface area contributed by atoms with Crippen LogP contribution in [0.2, 0.25) is 0 Å². The number of rotatable bonds is 6. The molecule has 2 heterocycles. The van der Waals surface area contributed by atoms with E-state index >= 15 is 0 Å². The second-order valence-electron chi connectivity index (χ2n) is 7.63. The molecule has 2 aromatic carbocycles. The number of carbonyl (C=O) groups excluding carboxylic acids is 1. The number of carbonyl (C=O) groups is 1. The lowest BCUT2D eigenvalue weighted by Crippen LogP contribution is -2.26. The fourth-order valence-corrected chi connectivity index (χ4v) is 3.67. The molecule has 33 heavy (non-hydrogen) atoms. The standard InChI is InChI=1S/C24H22F2N4O3/c1-14-18(8-10-22(31)27-20-9-7-16(25)12-19(20)26)24(32)30-23(29(14)2)13-21(28-30)15-5-4-6-17(11-15)33-3/h4-7,9,11-13H,8,10H2,1-3H3,(H,27,31). The van der Waals surface area contributed by atoms with Gasteiger partial charge in [0.25, 0.3) is 5.56 Å². The Morgan fingerprint density at radius 2 is 1.94 bits per heavy atom. The van der Waals surface area contributed by atoms with Crippen molar-refractivity contribution in [2.75, 3.05) is 12.4 Å². The SMILES string of the molecule is COc1cccc(-c2cc3n(C)c(C)c(CCC(=O)Nc4ccc(F)cc4F)c(=O)n3n2)c1. The predicted molar refractivity (Wildman–Crippen MR) is 120 cm³/mol. The smallest absolute Gasteiger partial charge is 0.277 e. The molecule has 7 nitrogen and oxygen atoms in total. The number of nitrogens with one attached hydrogen (secondary N) is 1. The Morgan fingerprint density at radius 1 is 1.15 bits per heavy atom. The highest BCUT2D eigenvalue weighted by Gasteiger charge is 2.17. The fraction of sp³-hybridized carbons (Fsp3) is 0.208. The third-order valence-electron chi connectivity index (χ3n) is 5.60. The molecule has 0 unspecified atom stereocenters. The Morgan fingerprint density at radius 3 is 2.67 bits per heavy atom. The number of aryl methyl sites for hydroxylation is 1. The quantitative estimate of drug-likeness (QED) is 0.482. The van der Waals surface area contributed by atoms with E-state index in [1.807, 2.05) is 41.9 Å². The van der Waals surface area contributed by atoms with Gasteiger partial charge in [0.1, 0.15) is 23.0 Å². The molecule has 4 rings (SSSR count). The fourth-order valence-electron chi connectivity index (χ4n) is 3.67. The van der Waals surface area contributed by atoms with Gasteiger partial charge >= 0.3 is 0 Å². The topological polar surface area (TPSA) is 77.6 Å². The van der Waals surface area contributed by atoms with E-state index in [-0.39, 0.29) is 24.1 Å². The van der Waals surface area contributed by atoms with Gasteiger partial charge in [-0.3, -0.25) is 9.59 Å². The molecule has 0 fully saturated rings. The van der Waals surface area contributed by atoms with Gasteiger partial charge in [0.15, 0.2) is 0 Å². The number of halogens is 2. The summed E-state index contributed by atoms with van der Waals surface area (Å²) in [7, 11) is 3.40. The molecule has 0 aliphatic rings. The summed E-state index contributed by atoms with van der Waals surface area (Å²) in [5, 5.41) is 6.89. The average Bonchev–Trinajstić information content (AvgIpc) is 3.25. The second kappa shape index (κ2) is 8.85. The number of benzene rings is 2. The van der Waals surface area contributed by atoms with Crippen LogP contribution in [-0.4, -0.2) is 27.2 Å². The number of hydrogen-bond acceptors (Lipinski definition) is 4. The molecule has 1 amide bonds. The molecular formula is C24H22F2N4O3. The predicted octanol–water partition coefficient (Wildman–Crippen LogP) is 3.87. The van der Waals surface area contributed by atoms with E-state index in [4.69, 9.17) is 4.74 Å². The maximum atomic E-state index is 13.8. The summed E-state index contributed by atoms with van der Waals surface area (Å²) in [5.41, 5.74) is 2.72. The van der Waals surface area contributed by atoms with Gasteiger partial charge in [0.2, 0.25) is 5.91 Å². The molecule has 0 saturated heterocycles. The van der Waals surface area contributed by atoms with Gasteiger partial charge in [-0.15, -0.1) is 0 Å². The minimum atomic E-state index is -0.863. The van der Waals surface area contributed by atoms with Crippen LogP contribution in [0.4, 0.5) is 14.5 Å². The van der Waals surface area contributed by atoms with Gasteiger partial charge in [-0.2, -0.15) is 9.61 Å². The van der Waals surface area contributed by atoms with Crippen molar-refractivity contribution in [1.29, 1.82) is 0 Å². The molecule has 0 bridgehead atoms. The number of fused-ring (bicyclic) bond motifs is 1. The van der Waals surface area contributed by atoms with Crippen LogP contribution < -0.4 is 15.6 Å². The van der Waals surface area contributed by atoms with E-state index < -0.39 is 17.5 Å². The van der Waals surface area contributed by atoms with Crippen molar-refractivity contribution in [3.63, 3.8) is 0 Å². The van der Waals surface area contributed by atoms with Gasteiger partial charge < -0.3 is 14.6 Å². The Labute approximate surface area is 188 Å². The highest BCUT2D eigenvalue weighted by Crippen LogP contribution is 2.24. The number of aromatic nitrogens is 3. The van der Waals surface area contributed by atoms with Crippen molar-refractivity contribution in [2.45, 2.75) is 19.8 Å². The number of hydrogen-bond donors (Lipinski definition) is 1. The lowest BCUT2D eigenvalue weighted by atomic mass is 10.1. The van der Waals surface area contributed by atoms with Crippen molar-refractivity contribution in [2.24, 2.45) is 7.05 Å². The molecule has 1 N–H and O–H groups in total. The van der Waals surface area contributed by atoms with Crippen molar-refractivity contribution in [1.82, 2.24) is 14.2 Å². The van der Waals surface area contributed by atoms with Gasteiger partial charge in [-0.25, -0.2) is 8.78 Å². The molecular weight excluding hydrogens is 430 g/mol. The zero-order valence-electron chi connectivity index (χ0n) is 18.4. The minimum absolute atomic E-state index is 0.0532. The largest absolute Gasteiger partial charge is 0.497 e. The monoisotopic (exact) mass is 452 g/mol. The van der Waals surface area contributed by atoms with Crippen LogP contribution in [-0.2, 0) is 18.3 Å². The first-order chi connectivity index (χ1) is 15.8. The lowest BCUT2D eigenvalue weighted by Gasteiger charge is -2.12. The minimum Gasteiger partial charge on any atom is -0.497 e. The van der Waals surface area contributed by atoms with E-state index in [0.717, 1.165) is 17.7 Å². The molecule has 4 aromatic rings. The molecule has 0 aliphatic heterocycles. The molecule has 0 saturated carbocycles. The zero-order valence-corrected chi connectivity index (χ0v) is 18.4. The number of anilines is 1. The summed E-state index contributed by atoms with van der Waals surface area (Å²) in [6.07, 6.45) is 0.0832. The van der Waals surface area contributed by atoms with Crippen LogP contribution in [0.1, 0.15) is 17.7 Å². The van der Waals surface area contributed by atoms with Crippen LogP contribution in [0, 0.1) is 18.6 Å². The first-order valence-corrected chi connectivity index (χ1v) is 10.3. The maximum Gasteiger partial charge on any atom is 0.277 e. The number of amides is 1. The first kappa shape index (κ1) is 22.2. The highest BCUT2D eigenvalue weighted by atomic mass is 19.1. The molecule has 2 aromatic heterocycles. The van der Waals surface area contributed by atoms with E-state index in [9.17, 15) is 18.4 Å². The van der Waals surface area contributed by atoms with Crippen LogP contribution in [0.3, 0.4) is 0 Å². The number of nitrogens with zero attached hydrogens (tertiary/aromatic N) is 3. The summed E-state index contributed by atoms with van der Waals surface area (Å²) < 4.78 is 35.3. The van der Waals surface area contributed by atoms with Gasteiger partial charge in [0.05, 0.1) is 18.5 Å². The van der Waals surface area contributed by atoms with Crippen LogP contribution in [0.5, 0.6) is 5.75 Å². The van der Waals surface area contributed by atoms with Crippen LogP contribution in [0.15, 0.2) is 53.3 Å². The zero-order chi connectivity index (χ0) is 23.7. The molecule has 0 aliphatic carbocycles. The normalized spacial score (nSPS) is 11.1. The van der Waals surface area contributed by atoms with Crippen LogP contribution in [0.25, 0.3) is 16.9 Å². The molecule has 0 spiro atoms. The van der Waals surface area contributed by atoms with Crippen molar-refractivity contribution in [3.05, 3.63) is 81.8 Å². The highest BCUT2D eigenvalue weighted by molar-refractivity contribution is 5.90. The van der Waals surface area contributed by atoms with Gasteiger partial charge in [-0.1, -0.05) is 12.1 Å². The maximum absolute atomic E-state index is 13.8. The third kappa shape index (κ3) is 4.34. The summed E-state index contributed by atoms with van der Waals surface area (Å²) in [5.74, 6) is -1.40. The Balaban J connectivity index is 1.61. The number of ether oxygens (including phenoxy) is 1. The Kier molecular flexibility index (Phi) is 5.95. The summed E-state index contributed by atoms with van der Waals surface area (Å²) in [6.45, 7) is 1.80. The Hall–Kier alpha value is -4.01. The third-order valence-corrected chi connectivity index (χ3v) is 5.60. The lowest BCUT2D eigenvalue weighted by molar-refractivity contribution is -0.116. The van der Waals surface area contributed by atoms with E-state index in [1.165, 1.54) is 4.52 Å². The van der Waals surface area contributed by atoms with Crippen LogP contribution >= 0.6 is 0 Å². The van der Waals surface area contributed by atoms with Crippen molar-refractivity contribution >= 4 is 17.2 Å². The average molecular weight is 452 g/mol. The van der Waals surface area contributed by atoms with E-state index in [1.54, 1.807) is 14.0 Å². The molecule has 9 heteroatoms.